The maximum absolute atomic E-state index is 12.1. The molecule has 4 heteroatoms. The molecule has 0 aromatic rings. The SMILES string of the molecule is CC1CCN(C(=O)CCC2CCCC2)C1C(=O)O. The van der Waals surface area contributed by atoms with Crippen molar-refractivity contribution in [2.24, 2.45) is 11.8 Å². The number of aliphatic carboxylic acids is 1. The van der Waals surface area contributed by atoms with Crippen molar-refractivity contribution in [1.29, 1.82) is 0 Å². The van der Waals surface area contributed by atoms with Crippen LogP contribution in [0.25, 0.3) is 0 Å². The first-order valence-corrected chi connectivity index (χ1v) is 7.12. The Hall–Kier alpha value is -1.06. The van der Waals surface area contributed by atoms with Crippen LogP contribution in [0.1, 0.15) is 51.9 Å². The van der Waals surface area contributed by atoms with Crippen molar-refractivity contribution in [3.8, 4) is 0 Å². The fraction of sp³-hybridized carbons (Fsp3) is 0.857. The number of carbonyl (C=O) groups is 2. The Bertz CT molecular complexity index is 323. The Morgan fingerprint density at radius 1 is 1.22 bits per heavy atom. The van der Waals surface area contributed by atoms with E-state index in [-0.39, 0.29) is 11.8 Å². The van der Waals surface area contributed by atoms with Crippen LogP contribution >= 0.6 is 0 Å². The van der Waals surface area contributed by atoms with Gasteiger partial charge in [0.15, 0.2) is 0 Å². The van der Waals surface area contributed by atoms with Crippen molar-refractivity contribution in [2.75, 3.05) is 6.54 Å². The van der Waals surface area contributed by atoms with E-state index in [4.69, 9.17) is 0 Å². The Kier molecular flexibility index (Phi) is 4.25. The second-order valence-corrected chi connectivity index (χ2v) is 5.83. The van der Waals surface area contributed by atoms with E-state index >= 15 is 0 Å². The summed E-state index contributed by atoms with van der Waals surface area (Å²) in [6, 6.07) is -0.596. The van der Waals surface area contributed by atoms with Gasteiger partial charge in [0.05, 0.1) is 0 Å². The summed E-state index contributed by atoms with van der Waals surface area (Å²) >= 11 is 0. The van der Waals surface area contributed by atoms with Crippen LogP contribution in [-0.2, 0) is 9.59 Å². The maximum Gasteiger partial charge on any atom is 0.326 e. The van der Waals surface area contributed by atoms with Gasteiger partial charge < -0.3 is 10.0 Å². The fourth-order valence-electron chi connectivity index (χ4n) is 3.37. The highest BCUT2D eigenvalue weighted by Crippen LogP contribution is 2.30. The molecule has 1 amide bonds. The summed E-state index contributed by atoms with van der Waals surface area (Å²) in [5.41, 5.74) is 0. The van der Waals surface area contributed by atoms with Gasteiger partial charge in [-0.25, -0.2) is 4.79 Å². The molecular formula is C14H23NO3. The van der Waals surface area contributed by atoms with Gasteiger partial charge in [0.2, 0.25) is 5.91 Å². The molecule has 1 aliphatic carbocycles. The normalized spacial score (nSPS) is 28.8. The number of hydrogen-bond acceptors (Lipinski definition) is 2. The van der Waals surface area contributed by atoms with Crippen molar-refractivity contribution in [3.05, 3.63) is 0 Å². The molecule has 2 fully saturated rings. The molecule has 18 heavy (non-hydrogen) atoms. The van der Waals surface area contributed by atoms with Crippen LogP contribution in [0.3, 0.4) is 0 Å². The van der Waals surface area contributed by atoms with Crippen molar-refractivity contribution in [3.63, 3.8) is 0 Å². The number of amides is 1. The van der Waals surface area contributed by atoms with Gasteiger partial charge in [-0.1, -0.05) is 32.6 Å². The lowest BCUT2D eigenvalue weighted by atomic mass is 10.0. The third kappa shape index (κ3) is 2.85. The second-order valence-electron chi connectivity index (χ2n) is 5.83. The first kappa shape index (κ1) is 13.4. The van der Waals surface area contributed by atoms with Gasteiger partial charge in [-0.3, -0.25) is 4.79 Å². The summed E-state index contributed by atoms with van der Waals surface area (Å²) < 4.78 is 0. The topological polar surface area (TPSA) is 57.6 Å². The Labute approximate surface area is 108 Å². The molecule has 1 aliphatic heterocycles. The highest BCUT2D eigenvalue weighted by atomic mass is 16.4. The second kappa shape index (κ2) is 5.72. The van der Waals surface area contributed by atoms with Gasteiger partial charge in [0, 0.05) is 13.0 Å². The van der Waals surface area contributed by atoms with Crippen LogP contribution in [0.4, 0.5) is 0 Å². The molecule has 2 aliphatic rings. The summed E-state index contributed by atoms with van der Waals surface area (Å²) in [6.07, 6.45) is 7.34. The summed E-state index contributed by atoms with van der Waals surface area (Å²) in [6.45, 7) is 2.53. The van der Waals surface area contributed by atoms with E-state index < -0.39 is 12.0 Å². The van der Waals surface area contributed by atoms with Crippen LogP contribution in [0.2, 0.25) is 0 Å². The van der Waals surface area contributed by atoms with E-state index in [0.29, 0.717) is 18.9 Å². The van der Waals surface area contributed by atoms with Crippen molar-refractivity contribution in [1.82, 2.24) is 4.90 Å². The molecule has 0 bridgehead atoms. The predicted octanol–water partition coefficient (Wildman–Crippen LogP) is 2.28. The molecule has 2 unspecified atom stereocenters. The first-order chi connectivity index (χ1) is 8.59. The minimum Gasteiger partial charge on any atom is -0.480 e. The average molecular weight is 253 g/mol. The van der Waals surface area contributed by atoms with E-state index in [1.54, 1.807) is 4.90 Å². The Morgan fingerprint density at radius 2 is 1.89 bits per heavy atom. The zero-order valence-electron chi connectivity index (χ0n) is 11.1. The van der Waals surface area contributed by atoms with Crippen molar-refractivity contribution in [2.45, 2.75) is 57.9 Å². The number of carboxylic acids is 1. The van der Waals surface area contributed by atoms with Crippen LogP contribution in [0, 0.1) is 11.8 Å². The molecule has 2 rings (SSSR count). The molecule has 0 aromatic carbocycles. The number of carboxylic acid groups (broad SMARTS) is 1. The summed E-state index contributed by atoms with van der Waals surface area (Å²) in [4.78, 5) is 24.9. The number of likely N-dealkylation sites (tertiary alicyclic amines) is 1. The summed E-state index contributed by atoms with van der Waals surface area (Å²) in [5, 5.41) is 9.19. The average Bonchev–Trinajstić information content (AvgIpc) is 2.94. The van der Waals surface area contributed by atoms with Crippen molar-refractivity contribution < 1.29 is 14.7 Å². The van der Waals surface area contributed by atoms with E-state index in [1.807, 2.05) is 6.92 Å². The Morgan fingerprint density at radius 3 is 2.50 bits per heavy atom. The Balaban J connectivity index is 1.85. The smallest absolute Gasteiger partial charge is 0.326 e. The standard InChI is InChI=1S/C14H23NO3/c1-10-8-9-15(13(10)14(17)18)12(16)7-6-11-4-2-3-5-11/h10-11,13H,2-9H2,1H3,(H,17,18). The van der Waals surface area contributed by atoms with Crippen LogP contribution in [-0.4, -0.2) is 34.5 Å². The van der Waals surface area contributed by atoms with Gasteiger partial charge in [-0.15, -0.1) is 0 Å². The van der Waals surface area contributed by atoms with Gasteiger partial charge >= 0.3 is 5.97 Å². The number of rotatable bonds is 4. The highest BCUT2D eigenvalue weighted by Gasteiger charge is 2.39. The molecule has 1 saturated carbocycles. The van der Waals surface area contributed by atoms with Gasteiger partial charge in [-0.05, 0) is 24.7 Å². The lowest BCUT2D eigenvalue weighted by molar-refractivity contribution is -0.149. The molecule has 2 atom stereocenters. The lowest BCUT2D eigenvalue weighted by Crippen LogP contribution is -2.42. The number of carbonyl (C=O) groups excluding carboxylic acids is 1. The largest absolute Gasteiger partial charge is 0.480 e. The first-order valence-electron chi connectivity index (χ1n) is 7.12. The number of nitrogens with zero attached hydrogens (tertiary/aromatic N) is 1. The van der Waals surface area contributed by atoms with Gasteiger partial charge in [-0.2, -0.15) is 0 Å². The summed E-state index contributed by atoms with van der Waals surface area (Å²) in [7, 11) is 0. The fourth-order valence-corrected chi connectivity index (χ4v) is 3.37. The molecule has 0 aromatic heterocycles. The van der Waals surface area contributed by atoms with E-state index in [1.165, 1.54) is 25.7 Å². The predicted molar refractivity (Wildman–Crippen MR) is 68.1 cm³/mol. The molecule has 0 radical (unpaired) electrons. The molecule has 0 spiro atoms. The zero-order valence-corrected chi connectivity index (χ0v) is 11.1. The van der Waals surface area contributed by atoms with E-state index in [9.17, 15) is 14.7 Å². The monoisotopic (exact) mass is 253 g/mol. The molecule has 1 heterocycles. The molecule has 4 nitrogen and oxygen atoms in total. The van der Waals surface area contributed by atoms with Crippen LogP contribution in [0.15, 0.2) is 0 Å². The molecule has 1 N–H and O–H groups in total. The lowest BCUT2D eigenvalue weighted by Gasteiger charge is -2.24. The quantitative estimate of drug-likeness (QED) is 0.836. The van der Waals surface area contributed by atoms with Crippen molar-refractivity contribution >= 4 is 11.9 Å². The third-order valence-electron chi connectivity index (χ3n) is 4.51. The maximum atomic E-state index is 12.1. The van der Waals surface area contributed by atoms with Gasteiger partial charge in [0.25, 0.3) is 0 Å². The summed E-state index contributed by atoms with van der Waals surface area (Å²) in [5.74, 6) is -0.0388. The van der Waals surface area contributed by atoms with E-state index in [0.717, 1.165) is 12.8 Å². The zero-order chi connectivity index (χ0) is 13.1. The third-order valence-corrected chi connectivity index (χ3v) is 4.51. The van der Waals surface area contributed by atoms with E-state index in [2.05, 4.69) is 0 Å². The van der Waals surface area contributed by atoms with Crippen LogP contribution in [0.5, 0.6) is 0 Å². The molecule has 1 saturated heterocycles. The van der Waals surface area contributed by atoms with Gasteiger partial charge in [0.1, 0.15) is 6.04 Å². The molecular weight excluding hydrogens is 230 g/mol. The minimum atomic E-state index is -0.853. The highest BCUT2D eigenvalue weighted by molar-refractivity contribution is 5.84. The van der Waals surface area contributed by atoms with Crippen LogP contribution < -0.4 is 0 Å². The number of hydrogen-bond donors (Lipinski definition) is 1. The minimum absolute atomic E-state index is 0.0404. The molecule has 102 valence electrons.